The van der Waals surface area contributed by atoms with E-state index >= 15 is 0 Å². The van der Waals surface area contributed by atoms with Crippen LogP contribution in [-0.2, 0) is 0 Å². The van der Waals surface area contributed by atoms with Crippen LogP contribution in [0, 0.1) is 17.0 Å². The van der Waals surface area contributed by atoms with Crippen LogP contribution < -0.4 is 0 Å². The van der Waals surface area contributed by atoms with E-state index in [1.165, 1.54) is 18.3 Å². The molecule has 3 nitrogen and oxygen atoms in total. The van der Waals surface area contributed by atoms with Gasteiger partial charge in [-0.05, 0) is 23.9 Å². The second-order valence-electron chi connectivity index (χ2n) is 2.51. The Balaban J connectivity index is 2.95. The number of thiophene rings is 1. The number of rotatable bonds is 2. The van der Waals surface area contributed by atoms with Crippen LogP contribution in [0.1, 0.15) is 17.4 Å². The maximum absolute atomic E-state index is 10.3. The fraction of sp³-hybridized carbons (Fsp3) is 0.250. The maximum Gasteiger partial charge on any atom is 0.244 e. The number of aryl methyl sites for hydroxylation is 1. The molecule has 0 aliphatic carbocycles. The van der Waals surface area contributed by atoms with Crippen LogP contribution in [0.2, 0.25) is 0 Å². The zero-order valence-corrected chi connectivity index (χ0v) is 7.72. The first kappa shape index (κ1) is 8.93. The number of hydrogen-bond donors (Lipinski definition) is 0. The van der Waals surface area contributed by atoms with Gasteiger partial charge in [-0.3, -0.25) is 10.1 Å². The van der Waals surface area contributed by atoms with Gasteiger partial charge in [0.2, 0.25) is 5.70 Å². The van der Waals surface area contributed by atoms with Gasteiger partial charge < -0.3 is 0 Å². The molecule has 1 heterocycles. The third kappa shape index (κ3) is 1.92. The van der Waals surface area contributed by atoms with Gasteiger partial charge in [-0.2, -0.15) is 0 Å². The standard InChI is InChI=1S/C8H9NO2S/c1-6-3-4-12-8(6)5-7(2)9(10)11/h3-5H,1-2H3/b7-5+. The molecule has 0 unspecified atom stereocenters. The molecule has 0 spiro atoms. The van der Waals surface area contributed by atoms with Crippen molar-refractivity contribution in [2.24, 2.45) is 0 Å². The lowest BCUT2D eigenvalue weighted by molar-refractivity contribution is -0.422. The van der Waals surface area contributed by atoms with Gasteiger partial charge in [-0.15, -0.1) is 11.3 Å². The molecular formula is C8H9NO2S. The molecule has 0 amide bonds. The van der Waals surface area contributed by atoms with Crippen LogP contribution in [0.15, 0.2) is 17.1 Å². The molecule has 1 rings (SSSR count). The molecule has 0 fully saturated rings. The Bertz CT molecular complexity index is 328. The Morgan fingerprint density at radius 1 is 1.75 bits per heavy atom. The summed E-state index contributed by atoms with van der Waals surface area (Å²) >= 11 is 1.51. The lowest BCUT2D eigenvalue weighted by atomic mass is 10.2. The summed E-state index contributed by atoms with van der Waals surface area (Å²) in [6.45, 7) is 3.44. The van der Waals surface area contributed by atoms with E-state index in [2.05, 4.69) is 0 Å². The number of allylic oxidation sites excluding steroid dienone is 1. The Labute approximate surface area is 74.5 Å². The predicted octanol–water partition coefficient (Wildman–Crippen LogP) is 2.69. The van der Waals surface area contributed by atoms with E-state index in [0.29, 0.717) is 0 Å². The van der Waals surface area contributed by atoms with Crippen molar-refractivity contribution >= 4 is 17.4 Å². The fourth-order valence-corrected chi connectivity index (χ4v) is 1.69. The quantitative estimate of drug-likeness (QED) is 0.522. The normalized spacial score (nSPS) is 11.7. The molecule has 0 aromatic carbocycles. The third-order valence-corrected chi connectivity index (χ3v) is 2.50. The molecule has 0 bridgehead atoms. The zero-order chi connectivity index (χ0) is 9.14. The second-order valence-corrected chi connectivity index (χ2v) is 3.46. The summed E-state index contributed by atoms with van der Waals surface area (Å²) in [6.07, 6.45) is 1.60. The van der Waals surface area contributed by atoms with Gasteiger partial charge in [-0.1, -0.05) is 0 Å². The van der Waals surface area contributed by atoms with Crippen LogP contribution in [0.3, 0.4) is 0 Å². The molecule has 0 radical (unpaired) electrons. The number of hydrogen-bond acceptors (Lipinski definition) is 3. The van der Waals surface area contributed by atoms with Crippen LogP contribution in [0.5, 0.6) is 0 Å². The van der Waals surface area contributed by atoms with Crippen molar-refractivity contribution in [1.82, 2.24) is 0 Å². The van der Waals surface area contributed by atoms with Crippen molar-refractivity contribution < 1.29 is 4.92 Å². The van der Waals surface area contributed by atoms with Crippen LogP contribution in [0.25, 0.3) is 6.08 Å². The molecule has 0 saturated carbocycles. The minimum Gasteiger partial charge on any atom is -0.259 e. The Morgan fingerprint density at radius 2 is 2.42 bits per heavy atom. The number of nitro groups is 1. The highest BCUT2D eigenvalue weighted by atomic mass is 32.1. The molecule has 1 aromatic rings. The Kier molecular flexibility index (Phi) is 2.60. The van der Waals surface area contributed by atoms with Crippen molar-refractivity contribution in [3.63, 3.8) is 0 Å². The van der Waals surface area contributed by atoms with E-state index in [9.17, 15) is 10.1 Å². The summed E-state index contributed by atoms with van der Waals surface area (Å²) in [6, 6.07) is 1.95. The molecule has 4 heteroatoms. The molecule has 0 aliphatic heterocycles. The molecule has 0 aliphatic rings. The second kappa shape index (κ2) is 3.49. The Morgan fingerprint density at radius 3 is 2.83 bits per heavy atom. The average molecular weight is 183 g/mol. The van der Waals surface area contributed by atoms with Crippen molar-refractivity contribution in [3.8, 4) is 0 Å². The summed E-state index contributed by atoms with van der Waals surface area (Å²) in [7, 11) is 0. The number of nitrogens with zero attached hydrogens (tertiary/aromatic N) is 1. The molecule has 0 atom stereocenters. The van der Waals surface area contributed by atoms with E-state index in [1.807, 2.05) is 18.4 Å². The summed E-state index contributed by atoms with van der Waals surface area (Å²) in [5, 5.41) is 12.2. The third-order valence-electron chi connectivity index (χ3n) is 1.53. The van der Waals surface area contributed by atoms with Gasteiger partial charge in [0, 0.05) is 17.9 Å². The monoisotopic (exact) mass is 183 g/mol. The summed E-state index contributed by atoms with van der Waals surface area (Å²) in [5.74, 6) is 0. The summed E-state index contributed by atoms with van der Waals surface area (Å²) in [4.78, 5) is 10.9. The molecule has 1 aromatic heterocycles. The van der Waals surface area contributed by atoms with Crippen LogP contribution >= 0.6 is 11.3 Å². The van der Waals surface area contributed by atoms with Gasteiger partial charge in [0.1, 0.15) is 0 Å². The van der Waals surface area contributed by atoms with E-state index in [1.54, 1.807) is 6.08 Å². The van der Waals surface area contributed by atoms with Crippen molar-refractivity contribution in [1.29, 1.82) is 0 Å². The van der Waals surface area contributed by atoms with Crippen molar-refractivity contribution in [2.45, 2.75) is 13.8 Å². The molecule has 12 heavy (non-hydrogen) atoms. The van der Waals surface area contributed by atoms with Gasteiger partial charge in [0.05, 0.1) is 4.92 Å². The first-order chi connectivity index (χ1) is 5.61. The van der Waals surface area contributed by atoms with Crippen LogP contribution in [-0.4, -0.2) is 4.92 Å². The highest BCUT2D eigenvalue weighted by Crippen LogP contribution is 2.18. The van der Waals surface area contributed by atoms with Gasteiger partial charge >= 0.3 is 0 Å². The van der Waals surface area contributed by atoms with Crippen LogP contribution in [0.4, 0.5) is 0 Å². The highest BCUT2D eigenvalue weighted by Gasteiger charge is 2.04. The molecule has 64 valence electrons. The smallest absolute Gasteiger partial charge is 0.244 e. The lowest BCUT2D eigenvalue weighted by Crippen LogP contribution is -1.92. The topological polar surface area (TPSA) is 43.1 Å². The minimum atomic E-state index is -0.376. The minimum absolute atomic E-state index is 0.181. The van der Waals surface area contributed by atoms with E-state index in [0.717, 1.165) is 10.4 Å². The van der Waals surface area contributed by atoms with Crippen molar-refractivity contribution in [2.75, 3.05) is 0 Å². The molecule has 0 saturated heterocycles. The van der Waals surface area contributed by atoms with Crippen molar-refractivity contribution in [3.05, 3.63) is 37.7 Å². The van der Waals surface area contributed by atoms with Gasteiger partial charge in [-0.25, -0.2) is 0 Å². The van der Waals surface area contributed by atoms with E-state index in [-0.39, 0.29) is 10.6 Å². The van der Waals surface area contributed by atoms with Gasteiger partial charge in [0.25, 0.3) is 0 Å². The highest BCUT2D eigenvalue weighted by molar-refractivity contribution is 7.11. The summed E-state index contributed by atoms with van der Waals surface area (Å²) in [5.41, 5.74) is 1.27. The summed E-state index contributed by atoms with van der Waals surface area (Å²) < 4.78 is 0. The average Bonchev–Trinajstić information content (AvgIpc) is 2.36. The largest absolute Gasteiger partial charge is 0.259 e. The lowest BCUT2D eigenvalue weighted by Gasteiger charge is -1.90. The van der Waals surface area contributed by atoms with E-state index in [4.69, 9.17) is 0 Å². The predicted molar refractivity (Wildman–Crippen MR) is 49.7 cm³/mol. The molecule has 0 N–H and O–H groups in total. The maximum atomic E-state index is 10.3. The SMILES string of the molecule is C/C(=C\c1sccc1C)[N+](=O)[O-]. The zero-order valence-electron chi connectivity index (χ0n) is 6.90. The first-order valence-corrected chi connectivity index (χ1v) is 4.36. The first-order valence-electron chi connectivity index (χ1n) is 3.48. The molecular weight excluding hydrogens is 174 g/mol. The van der Waals surface area contributed by atoms with Gasteiger partial charge in [0.15, 0.2) is 0 Å². The van der Waals surface area contributed by atoms with E-state index < -0.39 is 0 Å². The Hall–Kier alpha value is -1.16. The fourth-order valence-electron chi connectivity index (χ4n) is 0.775.